The second-order valence-electron chi connectivity index (χ2n) is 6.41. The number of hydrogen-bond acceptors (Lipinski definition) is 3. The SMILES string of the molecule is C[C@H](NC(=O)Cc1c(C(F)(F)F)c2c([nH]c1=O)=C[CH]NC=2)c1ccc(F)cc1F. The number of hydrogen-bond donors (Lipinski definition) is 3. The standard InChI is InChI=1S/C19H15F5N3O2/c1-9(11-3-2-10(20)6-14(11)21)26-16(28)7-12-17(19(22,23)24)13-8-25-5-4-15(13)27-18(12)29/h2-6,8-9,25H,7H2,1H3,(H,26,28)(H,27,29)/t9-/m0/s1. The molecule has 1 aliphatic heterocycles. The van der Waals surface area contributed by atoms with Crippen molar-refractivity contribution >= 4 is 18.2 Å². The van der Waals surface area contributed by atoms with Crippen LogP contribution in [0.25, 0.3) is 12.3 Å². The van der Waals surface area contributed by atoms with E-state index in [1.165, 1.54) is 19.5 Å². The molecule has 29 heavy (non-hydrogen) atoms. The van der Waals surface area contributed by atoms with Gasteiger partial charge in [0.25, 0.3) is 5.56 Å². The van der Waals surface area contributed by atoms with Gasteiger partial charge < -0.3 is 15.6 Å². The molecule has 0 fully saturated rings. The van der Waals surface area contributed by atoms with Gasteiger partial charge in [-0.3, -0.25) is 9.59 Å². The Morgan fingerprint density at radius 1 is 1.24 bits per heavy atom. The van der Waals surface area contributed by atoms with E-state index in [0.717, 1.165) is 18.3 Å². The summed E-state index contributed by atoms with van der Waals surface area (Å²) in [5.41, 5.74) is -3.07. The molecule has 0 saturated carbocycles. The Hall–Kier alpha value is -3.17. The van der Waals surface area contributed by atoms with Gasteiger partial charge in [0, 0.05) is 34.0 Å². The number of carbonyl (C=O) groups is 1. The van der Waals surface area contributed by atoms with Crippen molar-refractivity contribution in [3.8, 4) is 0 Å². The van der Waals surface area contributed by atoms with Gasteiger partial charge in [-0.25, -0.2) is 8.78 Å². The van der Waals surface area contributed by atoms with Crippen LogP contribution in [0, 0.1) is 18.2 Å². The van der Waals surface area contributed by atoms with Crippen molar-refractivity contribution in [2.75, 3.05) is 0 Å². The quantitative estimate of drug-likeness (QED) is 0.665. The van der Waals surface area contributed by atoms with E-state index in [0.29, 0.717) is 6.07 Å². The Kier molecular flexibility index (Phi) is 5.45. The summed E-state index contributed by atoms with van der Waals surface area (Å²) in [6.45, 7) is 2.74. The van der Waals surface area contributed by atoms with Gasteiger partial charge in [0.2, 0.25) is 5.91 Å². The van der Waals surface area contributed by atoms with Crippen LogP contribution < -0.4 is 26.8 Å². The lowest BCUT2D eigenvalue weighted by molar-refractivity contribution is -0.139. The molecule has 2 heterocycles. The van der Waals surface area contributed by atoms with Crippen LogP contribution in [0.2, 0.25) is 0 Å². The second-order valence-corrected chi connectivity index (χ2v) is 6.41. The van der Waals surface area contributed by atoms with Gasteiger partial charge in [0.05, 0.1) is 24.6 Å². The van der Waals surface area contributed by atoms with E-state index < -0.39 is 52.9 Å². The van der Waals surface area contributed by atoms with Crippen LogP contribution in [-0.2, 0) is 17.4 Å². The van der Waals surface area contributed by atoms with E-state index in [-0.39, 0.29) is 16.1 Å². The van der Waals surface area contributed by atoms with Crippen LogP contribution in [0.1, 0.15) is 29.7 Å². The maximum atomic E-state index is 13.8. The molecule has 1 aromatic heterocycles. The molecule has 0 aliphatic carbocycles. The fourth-order valence-electron chi connectivity index (χ4n) is 3.10. The summed E-state index contributed by atoms with van der Waals surface area (Å²) in [7, 11) is 0. The minimum atomic E-state index is -4.88. The van der Waals surface area contributed by atoms with E-state index in [1.807, 2.05) is 0 Å². The van der Waals surface area contributed by atoms with Gasteiger partial charge >= 0.3 is 6.18 Å². The highest BCUT2D eigenvalue weighted by molar-refractivity contribution is 5.79. The third-order valence-electron chi connectivity index (χ3n) is 4.38. The highest BCUT2D eigenvalue weighted by Gasteiger charge is 2.37. The van der Waals surface area contributed by atoms with Crippen molar-refractivity contribution in [1.82, 2.24) is 15.6 Å². The first-order valence-corrected chi connectivity index (χ1v) is 8.44. The number of carbonyl (C=O) groups excluding carboxylic acids is 1. The first-order chi connectivity index (χ1) is 13.6. The Labute approximate surface area is 160 Å². The Balaban J connectivity index is 1.94. The third-order valence-corrected chi connectivity index (χ3v) is 4.38. The molecule has 2 aromatic rings. The van der Waals surface area contributed by atoms with Gasteiger partial charge in [0.1, 0.15) is 11.6 Å². The molecule has 0 bridgehead atoms. The third kappa shape index (κ3) is 4.30. The van der Waals surface area contributed by atoms with E-state index in [2.05, 4.69) is 15.6 Å². The number of amides is 1. The van der Waals surface area contributed by atoms with Crippen molar-refractivity contribution in [1.29, 1.82) is 0 Å². The van der Waals surface area contributed by atoms with E-state index >= 15 is 0 Å². The molecule has 0 spiro atoms. The van der Waals surface area contributed by atoms with E-state index in [9.17, 15) is 31.5 Å². The van der Waals surface area contributed by atoms with Crippen molar-refractivity contribution in [3.63, 3.8) is 0 Å². The van der Waals surface area contributed by atoms with Gasteiger partial charge in [-0.15, -0.1) is 0 Å². The maximum Gasteiger partial charge on any atom is 0.417 e. The fourth-order valence-corrected chi connectivity index (χ4v) is 3.10. The summed E-state index contributed by atoms with van der Waals surface area (Å²) < 4.78 is 67.8. The monoisotopic (exact) mass is 412 g/mol. The molecule has 1 atom stereocenters. The molecule has 0 unspecified atom stereocenters. The number of benzene rings is 1. The summed E-state index contributed by atoms with van der Waals surface area (Å²) in [4.78, 5) is 26.9. The lowest BCUT2D eigenvalue weighted by Crippen LogP contribution is -2.46. The smallest absolute Gasteiger partial charge is 0.382 e. The zero-order valence-corrected chi connectivity index (χ0v) is 15.0. The van der Waals surface area contributed by atoms with Gasteiger partial charge in [0.15, 0.2) is 0 Å². The highest BCUT2D eigenvalue weighted by atomic mass is 19.4. The minimum Gasteiger partial charge on any atom is -0.382 e. The molecule has 1 radical (unpaired) electrons. The van der Waals surface area contributed by atoms with Crippen molar-refractivity contribution in [2.24, 2.45) is 0 Å². The van der Waals surface area contributed by atoms with Crippen LogP contribution in [0.4, 0.5) is 22.0 Å². The van der Waals surface area contributed by atoms with Crippen molar-refractivity contribution in [2.45, 2.75) is 25.6 Å². The first kappa shape index (κ1) is 20.6. The number of aromatic nitrogens is 1. The number of H-pyrrole nitrogens is 1. The van der Waals surface area contributed by atoms with Crippen LogP contribution in [0.3, 0.4) is 0 Å². The van der Waals surface area contributed by atoms with Crippen LogP contribution in [0.15, 0.2) is 23.0 Å². The lowest BCUT2D eigenvalue weighted by Gasteiger charge is -2.17. The predicted octanol–water partition coefficient (Wildman–Crippen LogP) is 1.38. The summed E-state index contributed by atoms with van der Waals surface area (Å²) >= 11 is 0. The second kappa shape index (κ2) is 7.69. The molecule has 10 heteroatoms. The Morgan fingerprint density at radius 2 is 1.97 bits per heavy atom. The number of aromatic amines is 1. The molecule has 3 rings (SSSR count). The predicted molar refractivity (Wildman–Crippen MR) is 94.3 cm³/mol. The number of alkyl halides is 3. The average Bonchev–Trinajstić information content (AvgIpc) is 2.60. The summed E-state index contributed by atoms with van der Waals surface area (Å²) in [5.74, 6) is -2.64. The fraction of sp³-hybridized carbons (Fsp3) is 0.211. The molecule has 1 amide bonds. The zero-order chi connectivity index (χ0) is 21.3. The maximum absolute atomic E-state index is 13.8. The molecule has 1 aromatic carbocycles. The first-order valence-electron chi connectivity index (χ1n) is 8.44. The largest absolute Gasteiger partial charge is 0.417 e. The summed E-state index contributed by atoms with van der Waals surface area (Å²) in [5, 5.41) is 4.52. The number of nitrogens with one attached hydrogen (secondary N) is 3. The molecule has 1 aliphatic rings. The number of pyridine rings is 1. The zero-order valence-electron chi connectivity index (χ0n) is 15.0. The topological polar surface area (TPSA) is 74.0 Å². The normalized spacial score (nSPS) is 14.1. The van der Waals surface area contributed by atoms with Gasteiger partial charge in [-0.05, 0) is 19.1 Å². The van der Waals surface area contributed by atoms with Gasteiger partial charge in [-0.1, -0.05) is 6.07 Å². The summed E-state index contributed by atoms with van der Waals surface area (Å²) in [6, 6.07) is 1.79. The van der Waals surface area contributed by atoms with E-state index in [1.54, 1.807) is 0 Å². The van der Waals surface area contributed by atoms with Crippen molar-refractivity contribution < 1.29 is 26.7 Å². The van der Waals surface area contributed by atoms with Gasteiger partial charge in [-0.2, -0.15) is 13.2 Å². The molecule has 3 N–H and O–H groups in total. The molecule has 5 nitrogen and oxygen atoms in total. The summed E-state index contributed by atoms with van der Waals surface area (Å²) in [6.07, 6.45) is -3.41. The molecular weight excluding hydrogens is 397 g/mol. The van der Waals surface area contributed by atoms with E-state index in [4.69, 9.17) is 0 Å². The minimum absolute atomic E-state index is 0.0352. The Bertz CT molecular complexity index is 1140. The molecular formula is C19H15F5N3O2. The molecule has 153 valence electrons. The molecule has 0 saturated heterocycles. The van der Waals surface area contributed by atoms with Crippen LogP contribution in [-0.4, -0.2) is 10.9 Å². The van der Waals surface area contributed by atoms with Crippen molar-refractivity contribution in [3.05, 3.63) is 74.0 Å². The highest BCUT2D eigenvalue weighted by Crippen LogP contribution is 2.28. The van der Waals surface area contributed by atoms with Crippen LogP contribution >= 0.6 is 0 Å². The average molecular weight is 412 g/mol. The Morgan fingerprint density at radius 3 is 2.62 bits per heavy atom. The number of halogens is 5. The lowest BCUT2D eigenvalue weighted by atomic mass is 10.0. The van der Waals surface area contributed by atoms with Crippen LogP contribution in [0.5, 0.6) is 0 Å². The number of rotatable bonds is 4. The number of fused-ring (bicyclic) bond motifs is 1.